The van der Waals surface area contributed by atoms with Gasteiger partial charge in [0, 0.05) is 14.1 Å². The van der Waals surface area contributed by atoms with E-state index in [-0.39, 0.29) is 5.75 Å². The Morgan fingerprint density at radius 3 is 2.43 bits per heavy atom. The molecule has 0 aliphatic carbocycles. The van der Waals surface area contributed by atoms with Gasteiger partial charge in [0.05, 0.1) is 6.61 Å². The van der Waals surface area contributed by atoms with E-state index in [4.69, 9.17) is 9.47 Å². The number of aromatic hydroxyl groups is 1. The Bertz CT molecular complexity index is 716. The molecule has 0 aromatic heterocycles. The lowest BCUT2D eigenvalue weighted by Crippen LogP contribution is -2.61. The Kier molecular flexibility index (Phi) is 6.11. The highest BCUT2D eigenvalue weighted by atomic mass is 32.2. The molecule has 2 aliphatic rings. The molecule has 0 radical (unpaired) electrons. The van der Waals surface area contributed by atoms with Crippen LogP contribution in [0.5, 0.6) is 5.75 Å². The van der Waals surface area contributed by atoms with Crippen LogP contribution in [0.1, 0.15) is 5.56 Å². The summed E-state index contributed by atoms with van der Waals surface area (Å²) in [5, 5.41) is 30.4. The van der Waals surface area contributed by atoms with Crippen molar-refractivity contribution in [3.05, 3.63) is 29.8 Å². The van der Waals surface area contributed by atoms with Gasteiger partial charge in [-0.25, -0.2) is 0 Å². The molecule has 2 heterocycles. The van der Waals surface area contributed by atoms with Gasteiger partial charge in [-0.1, -0.05) is 23.9 Å². The molecule has 1 aromatic carbocycles. The van der Waals surface area contributed by atoms with E-state index >= 15 is 0 Å². The third-order valence-corrected chi connectivity index (χ3v) is 5.76. The number of alkyl halides is 3. The predicted octanol–water partition coefficient (Wildman–Crippen LogP) is 1.32. The van der Waals surface area contributed by atoms with E-state index < -0.39 is 48.7 Å². The molecule has 7 nitrogen and oxygen atoms in total. The quantitative estimate of drug-likeness (QED) is 0.674. The van der Waals surface area contributed by atoms with Gasteiger partial charge in [0.15, 0.2) is 11.3 Å². The van der Waals surface area contributed by atoms with Crippen molar-refractivity contribution in [3.8, 4) is 5.75 Å². The summed E-state index contributed by atoms with van der Waals surface area (Å²) in [4.78, 5) is 5.88. The largest absolute Gasteiger partial charge is 0.508 e. The van der Waals surface area contributed by atoms with E-state index in [0.29, 0.717) is 10.7 Å². The lowest BCUT2D eigenvalue weighted by molar-refractivity contribution is -0.286. The summed E-state index contributed by atoms with van der Waals surface area (Å²) in [7, 11) is 3.42. The van der Waals surface area contributed by atoms with Gasteiger partial charge in [0.2, 0.25) is 0 Å². The van der Waals surface area contributed by atoms with Gasteiger partial charge in [-0.05, 0) is 17.7 Å². The first-order chi connectivity index (χ1) is 13.1. The molecule has 0 saturated carbocycles. The number of hydrogen-bond donors (Lipinski definition) is 3. The second-order valence-corrected chi connectivity index (χ2v) is 7.87. The number of rotatable bonds is 4. The molecular formula is C17H21F3N2O5S. The number of fused-ring (bicyclic) bond motifs is 1. The molecule has 1 fully saturated rings. The fraction of sp³-hybridized carbons (Fsp3) is 0.588. The number of phenolic OH excluding ortho intramolecular Hbond substituents is 1. The average Bonchev–Trinajstić information content (AvgIpc) is 3.04. The Morgan fingerprint density at radius 2 is 1.86 bits per heavy atom. The Labute approximate surface area is 163 Å². The first kappa shape index (κ1) is 21.2. The zero-order valence-corrected chi connectivity index (χ0v) is 15.9. The molecule has 5 unspecified atom stereocenters. The maximum atomic E-state index is 13.6. The summed E-state index contributed by atoms with van der Waals surface area (Å²) in [5.74, 6) is -0.0220. The van der Waals surface area contributed by atoms with Crippen LogP contribution in [0.2, 0.25) is 0 Å². The van der Waals surface area contributed by atoms with Crippen LogP contribution in [0.4, 0.5) is 13.2 Å². The summed E-state index contributed by atoms with van der Waals surface area (Å²) in [5.41, 5.74) is -0.452. The minimum atomic E-state index is -4.83. The number of amidine groups is 1. The number of aliphatic imine (C=N–C) groups is 1. The molecule has 0 spiro atoms. The molecule has 1 aromatic rings. The number of halogens is 3. The summed E-state index contributed by atoms with van der Waals surface area (Å²) < 4.78 is 51.5. The van der Waals surface area contributed by atoms with Crippen LogP contribution in [-0.4, -0.2) is 81.6 Å². The van der Waals surface area contributed by atoms with Gasteiger partial charge >= 0.3 is 6.18 Å². The number of benzene rings is 1. The normalized spacial score (nSPS) is 31.2. The van der Waals surface area contributed by atoms with Crippen LogP contribution in [0, 0.1) is 0 Å². The van der Waals surface area contributed by atoms with E-state index in [2.05, 4.69) is 4.99 Å². The number of phenols is 1. The fourth-order valence-corrected chi connectivity index (χ4v) is 4.14. The van der Waals surface area contributed by atoms with Crippen molar-refractivity contribution in [1.29, 1.82) is 0 Å². The molecule has 2 aliphatic heterocycles. The zero-order chi connectivity index (χ0) is 20.6. The van der Waals surface area contributed by atoms with Crippen molar-refractivity contribution < 1.29 is 38.0 Å². The minimum absolute atomic E-state index is 0.0220. The highest BCUT2D eigenvalue weighted by Crippen LogP contribution is 2.41. The van der Waals surface area contributed by atoms with E-state index in [0.717, 1.165) is 11.8 Å². The van der Waals surface area contributed by atoms with Gasteiger partial charge in [-0.2, -0.15) is 13.2 Å². The first-order valence-corrected chi connectivity index (χ1v) is 9.35. The Balaban J connectivity index is 1.76. The second-order valence-electron chi connectivity index (χ2n) is 6.80. The van der Waals surface area contributed by atoms with Gasteiger partial charge < -0.3 is 29.7 Å². The fourth-order valence-electron chi connectivity index (χ4n) is 2.99. The molecule has 156 valence electrons. The topological polar surface area (TPSA) is 94.8 Å². The van der Waals surface area contributed by atoms with Crippen LogP contribution in [-0.2, 0) is 16.1 Å². The standard InChI is InChI=1S/C17H21F3N2O5S/c1-22(2)16-21-10-11(24)12(25)13(27-15(10)28-16)14(17(18,19)20)26-7-8-3-5-9(23)6-4-8/h3-6,10-15,23-25H,7H2,1-2H3/t10?,11?,12?,13?,14-,15?/m1/s1. The monoisotopic (exact) mass is 422 g/mol. The summed E-state index contributed by atoms with van der Waals surface area (Å²) in [6.45, 7) is -0.409. The van der Waals surface area contributed by atoms with Crippen LogP contribution in [0.15, 0.2) is 29.3 Å². The molecule has 0 bridgehead atoms. The molecule has 28 heavy (non-hydrogen) atoms. The number of aliphatic hydroxyl groups is 2. The number of ether oxygens (including phenoxy) is 2. The molecule has 3 rings (SSSR count). The van der Waals surface area contributed by atoms with Gasteiger partial charge in [-0.15, -0.1) is 0 Å². The van der Waals surface area contributed by atoms with Crippen molar-refractivity contribution in [2.75, 3.05) is 14.1 Å². The van der Waals surface area contributed by atoms with E-state index in [9.17, 15) is 28.5 Å². The highest BCUT2D eigenvalue weighted by molar-refractivity contribution is 8.14. The summed E-state index contributed by atoms with van der Waals surface area (Å²) in [6.07, 6.45) is -12.4. The first-order valence-electron chi connectivity index (χ1n) is 8.47. The maximum Gasteiger partial charge on any atom is 0.417 e. The molecule has 11 heteroatoms. The van der Waals surface area contributed by atoms with Crippen LogP contribution < -0.4 is 0 Å². The summed E-state index contributed by atoms with van der Waals surface area (Å²) in [6, 6.07) is 4.65. The third-order valence-electron chi connectivity index (χ3n) is 4.46. The lowest BCUT2D eigenvalue weighted by atomic mass is 9.94. The highest BCUT2D eigenvalue weighted by Gasteiger charge is 2.57. The molecule has 3 N–H and O–H groups in total. The summed E-state index contributed by atoms with van der Waals surface area (Å²) >= 11 is 1.09. The zero-order valence-electron chi connectivity index (χ0n) is 15.1. The number of hydrogen-bond acceptors (Lipinski definition) is 8. The number of thioether (sulfide) groups is 1. The van der Waals surface area contributed by atoms with Gasteiger partial charge in [0.25, 0.3) is 0 Å². The van der Waals surface area contributed by atoms with Crippen LogP contribution in [0.3, 0.4) is 0 Å². The average molecular weight is 422 g/mol. The number of aliphatic hydroxyl groups excluding tert-OH is 2. The number of nitrogens with zero attached hydrogens (tertiary/aromatic N) is 2. The minimum Gasteiger partial charge on any atom is -0.508 e. The Morgan fingerprint density at radius 1 is 1.21 bits per heavy atom. The molecule has 6 atom stereocenters. The van der Waals surface area contributed by atoms with Gasteiger partial charge in [-0.3, -0.25) is 4.99 Å². The van der Waals surface area contributed by atoms with Crippen LogP contribution >= 0.6 is 11.8 Å². The van der Waals surface area contributed by atoms with Crippen molar-refractivity contribution in [3.63, 3.8) is 0 Å². The molecular weight excluding hydrogens is 401 g/mol. The molecule has 0 amide bonds. The predicted molar refractivity (Wildman–Crippen MR) is 95.9 cm³/mol. The van der Waals surface area contributed by atoms with Crippen molar-refractivity contribution in [1.82, 2.24) is 4.90 Å². The smallest absolute Gasteiger partial charge is 0.417 e. The van der Waals surface area contributed by atoms with E-state index in [1.165, 1.54) is 24.3 Å². The van der Waals surface area contributed by atoms with Crippen molar-refractivity contribution in [2.24, 2.45) is 4.99 Å². The van der Waals surface area contributed by atoms with Crippen LogP contribution in [0.25, 0.3) is 0 Å². The SMILES string of the molecule is CN(C)C1=NC2C(OC([C@@H](OCc3ccc(O)cc3)C(F)(F)F)C(O)C2O)S1. The van der Waals surface area contributed by atoms with Gasteiger partial charge in [0.1, 0.15) is 35.5 Å². The van der Waals surface area contributed by atoms with E-state index in [1.807, 2.05) is 0 Å². The maximum absolute atomic E-state index is 13.6. The van der Waals surface area contributed by atoms with E-state index in [1.54, 1.807) is 19.0 Å². The third kappa shape index (κ3) is 4.38. The molecule has 1 saturated heterocycles. The van der Waals surface area contributed by atoms with Crippen molar-refractivity contribution >= 4 is 16.9 Å². The van der Waals surface area contributed by atoms with Crippen molar-refractivity contribution in [2.45, 2.75) is 48.7 Å². The second kappa shape index (κ2) is 8.07. The lowest BCUT2D eigenvalue weighted by Gasteiger charge is -2.41. The Hall–Kier alpha value is -1.53.